The molecule has 0 radical (unpaired) electrons. The van der Waals surface area contributed by atoms with E-state index in [1.807, 2.05) is 43.5 Å². The highest BCUT2D eigenvalue weighted by Gasteiger charge is 2.15. The zero-order valence-electron chi connectivity index (χ0n) is 14.0. The predicted octanol–water partition coefficient (Wildman–Crippen LogP) is 3.53. The maximum absolute atomic E-state index is 12.4. The zero-order valence-corrected chi connectivity index (χ0v) is 14.0. The van der Waals surface area contributed by atoms with Crippen molar-refractivity contribution in [3.63, 3.8) is 0 Å². The molecule has 0 saturated carbocycles. The van der Waals surface area contributed by atoms with Crippen LogP contribution >= 0.6 is 0 Å². The van der Waals surface area contributed by atoms with Gasteiger partial charge in [0, 0.05) is 6.20 Å². The Bertz CT molecular complexity index is 891. The lowest BCUT2D eigenvalue weighted by molar-refractivity contribution is 0.0948. The third-order valence-electron chi connectivity index (χ3n) is 3.90. The van der Waals surface area contributed by atoms with Crippen molar-refractivity contribution < 1.29 is 4.79 Å². The molecule has 0 saturated heterocycles. The number of imidazole rings is 1. The largest absolute Gasteiger partial charge is 0.295 e. The Kier molecular flexibility index (Phi) is 4.42. The topological polar surface area (TPSA) is 58.8 Å². The number of carbonyl (C=O) groups excluding carboxylic acids is 1. The summed E-state index contributed by atoms with van der Waals surface area (Å²) in [5.41, 5.74) is 6.71. The van der Waals surface area contributed by atoms with Crippen molar-refractivity contribution in [2.24, 2.45) is 5.10 Å². The lowest BCUT2D eigenvalue weighted by atomic mass is 10.0. The Morgan fingerprint density at radius 1 is 1.21 bits per heavy atom. The first kappa shape index (κ1) is 15.9. The summed E-state index contributed by atoms with van der Waals surface area (Å²) in [7, 11) is 0. The van der Waals surface area contributed by atoms with Gasteiger partial charge in [-0.2, -0.15) is 5.10 Å². The Morgan fingerprint density at radius 2 is 1.96 bits per heavy atom. The summed E-state index contributed by atoms with van der Waals surface area (Å²) in [5.74, 6) is 0.218. The van der Waals surface area contributed by atoms with E-state index < -0.39 is 0 Å². The van der Waals surface area contributed by atoms with Gasteiger partial charge < -0.3 is 0 Å². The molecule has 122 valence electrons. The number of hydrazone groups is 1. The van der Waals surface area contributed by atoms with Gasteiger partial charge in [0.15, 0.2) is 0 Å². The van der Waals surface area contributed by atoms with Crippen LogP contribution in [0.15, 0.2) is 53.8 Å². The molecule has 0 unspecified atom stereocenters. The molecule has 5 heteroatoms. The summed E-state index contributed by atoms with van der Waals surface area (Å²) in [6, 6.07) is 13.7. The molecule has 24 heavy (non-hydrogen) atoms. The molecule has 0 bridgehead atoms. The van der Waals surface area contributed by atoms with Crippen LogP contribution in [0.2, 0.25) is 0 Å². The lowest BCUT2D eigenvalue weighted by Crippen LogP contribution is -2.20. The summed E-state index contributed by atoms with van der Waals surface area (Å²) in [6.07, 6.45) is 3.46. The van der Waals surface area contributed by atoms with E-state index in [1.54, 1.807) is 10.6 Å². The molecule has 2 aromatic heterocycles. The molecule has 3 aromatic rings. The average Bonchev–Trinajstić information content (AvgIpc) is 2.91. The number of benzene rings is 1. The highest BCUT2D eigenvalue weighted by atomic mass is 16.2. The Labute approximate surface area is 141 Å². The number of carbonyl (C=O) groups is 1. The predicted molar refractivity (Wildman–Crippen MR) is 95.5 cm³/mol. The Hall–Kier alpha value is -2.95. The van der Waals surface area contributed by atoms with E-state index in [9.17, 15) is 4.79 Å². The van der Waals surface area contributed by atoms with Crippen LogP contribution in [0.1, 0.15) is 47.1 Å². The van der Waals surface area contributed by atoms with Crippen molar-refractivity contribution in [2.75, 3.05) is 0 Å². The SMILES string of the molecule is Cc1nc2ccccn2c1C(=O)NN=Cc1ccc(C(C)C)cc1. The number of fused-ring (bicyclic) bond motifs is 1. The Balaban J connectivity index is 1.74. The van der Waals surface area contributed by atoms with Gasteiger partial charge in [-0.3, -0.25) is 9.20 Å². The molecular formula is C19H20N4O. The smallest absolute Gasteiger partial charge is 0.290 e. The number of hydrogen-bond donors (Lipinski definition) is 1. The monoisotopic (exact) mass is 320 g/mol. The summed E-state index contributed by atoms with van der Waals surface area (Å²) < 4.78 is 1.76. The molecule has 3 rings (SSSR count). The van der Waals surface area contributed by atoms with Gasteiger partial charge in [0.1, 0.15) is 11.3 Å². The number of nitrogens with one attached hydrogen (secondary N) is 1. The minimum Gasteiger partial charge on any atom is -0.295 e. The first-order valence-electron chi connectivity index (χ1n) is 7.93. The van der Waals surface area contributed by atoms with Crippen molar-refractivity contribution in [2.45, 2.75) is 26.7 Å². The molecule has 1 amide bonds. The first-order chi connectivity index (χ1) is 11.6. The van der Waals surface area contributed by atoms with Crippen LogP contribution in [0.25, 0.3) is 5.65 Å². The molecular weight excluding hydrogens is 300 g/mol. The number of nitrogens with zero attached hydrogens (tertiary/aromatic N) is 3. The molecule has 1 N–H and O–H groups in total. The van der Waals surface area contributed by atoms with Crippen molar-refractivity contribution in [1.29, 1.82) is 0 Å². The highest BCUT2D eigenvalue weighted by Crippen LogP contribution is 2.14. The third-order valence-corrected chi connectivity index (χ3v) is 3.90. The second kappa shape index (κ2) is 6.66. The molecule has 5 nitrogen and oxygen atoms in total. The normalized spacial score (nSPS) is 11.5. The molecule has 0 atom stereocenters. The average molecular weight is 320 g/mol. The van der Waals surface area contributed by atoms with Gasteiger partial charge in [-0.25, -0.2) is 10.4 Å². The summed E-state index contributed by atoms with van der Waals surface area (Å²) in [6.45, 7) is 6.12. The number of rotatable bonds is 4. The Morgan fingerprint density at radius 3 is 2.67 bits per heavy atom. The summed E-state index contributed by atoms with van der Waals surface area (Å²) >= 11 is 0. The number of hydrogen-bond acceptors (Lipinski definition) is 3. The van der Waals surface area contributed by atoms with E-state index in [4.69, 9.17) is 0 Å². The van der Waals surface area contributed by atoms with Crippen LogP contribution in [0.4, 0.5) is 0 Å². The van der Waals surface area contributed by atoms with Gasteiger partial charge >= 0.3 is 0 Å². The maximum Gasteiger partial charge on any atom is 0.290 e. The van der Waals surface area contributed by atoms with Gasteiger partial charge in [0.2, 0.25) is 0 Å². The number of amides is 1. The van der Waals surface area contributed by atoms with E-state index >= 15 is 0 Å². The molecule has 1 aromatic carbocycles. The van der Waals surface area contributed by atoms with Crippen molar-refractivity contribution in [1.82, 2.24) is 14.8 Å². The maximum atomic E-state index is 12.4. The van der Waals surface area contributed by atoms with E-state index in [2.05, 4.69) is 41.5 Å². The molecule has 0 aliphatic heterocycles. The van der Waals surface area contributed by atoms with Crippen molar-refractivity contribution in [3.05, 3.63) is 71.2 Å². The number of aryl methyl sites for hydroxylation is 1. The molecule has 0 aliphatic rings. The van der Waals surface area contributed by atoms with Gasteiger partial charge in [-0.1, -0.05) is 44.2 Å². The van der Waals surface area contributed by atoms with Crippen molar-refractivity contribution >= 4 is 17.8 Å². The molecule has 0 aliphatic carbocycles. The molecule has 0 spiro atoms. The zero-order chi connectivity index (χ0) is 17.1. The van der Waals surface area contributed by atoms with E-state index in [0.29, 0.717) is 17.3 Å². The van der Waals surface area contributed by atoms with Gasteiger partial charge in [-0.05, 0) is 36.1 Å². The van der Waals surface area contributed by atoms with Crippen LogP contribution in [-0.4, -0.2) is 21.5 Å². The second-order valence-corrected chi connectivity index (χ2v) is 6.00. The van der Waals surface area contributed by atoms with Crippen LogP contribution in [0.5, 0.6) is 0 Å². The fourth-order valence-corrected chi connectivity index (χ4v) is 2.57. The van der Waals surface area contributed by atoms with E-state index in [0.717, 1.165) is 11.2 Å². The molecule has 2 heterocycles. The summed E-state index contributed by atoms with van der Waals surface area (Å²) in [5, 5.41) is 4.05. The number of pyridine rings is 1. The third kappa shape index (κ3) is 3.20. The fourth-order valence-electron chi connectivity index (χ4n) is 2.57. The van der Waals surface area contributed by atoms with Crippen LogP contribution in [0.3, 0.4) is 0 Å². The minimum absolute atomic E-state index is 0.277. The van der Waals surface area contributed by atoms with Gasteiger partial charge in [-0.15, -0.1) is 0 Å². The first-order valence-corrected chi connectivity index (χ1v) is 7.93. The van der Waals surface area contributed by atoms with Crippen LogP contribution in [0, 0.1) is 6.92 Å². The summed E-state index contributed by atoms with van der Waals surface area (Å²) in [4.78, 5) is 16.8. The van der Waals surface area contributed by atoms with E-state index in [1.165, 1.54) is 5.56 Å². The van der Waals surface area contributed by atoms with Crippen LogP contribution in [-0.2, 0) is 0 Å². The molecule has 0 fully saturated rings. The quantitative estimate of drug-likeness (QED) is 0.590. The lowest BCUT2D eigenvalue weighted by Gasteiger charge is -2.04. The van der Waals surface area contributed by atoms with Crippen molar-refractivity contribution in [3.8, 4) is 0 Å². The van der Waals surface area contributed by atoms with Gasteiger partial charge in [0.05, 0.1) is 11.9 Å². The number of aromatic nitrogens is 2. The minimum atomic E-state index is -0.277. The van der Waals surface area contributed by atoms with Gasteiger partial charge in [0.25, 0.3) is 5.91 Å². The fraction of sp³-hybridized carbons (Fsp3) is 0.211. The van der Waals surface area contributed by atoms with Crippen LogP contribution < -0.4 is 5.43 Å². The standard InChI is InChI=1S/C19H20N4O/c1-13(2)16-9-7-15(8-10-16)12-20-22-19(24)18-14(3)21-17-6-4-5-11-23(17)18/h4-13H,1-3H3,(H,22,24). The second-order valence-electron chi connectivity index (χ2n) is 6.00. The highest BCUT2D eigenvalue weighted by molar-refractivity contribution is 5.95. The van der Waals surface area contributed by atoms with E-state index in [-0.39, 0.29) is 5.91 Å².